The predicted octanol–water partition coefficient (Wildman–Crippen LogP) is 5.87. The van der Waals surface area contributed by atoms with Gasteiger partial charge in [-0.15, -0.1) is 0 Å². The van der Waals surface area contributed by atoms with Gasteiger partial charge >= 0.3 is 0 Å². The third-order valence-electron chi connectivity index (χ3n) is 7.19. The van der Waals surface area contributed by atoms with Crippen molar-refractivity contribution in [3.05, 3.63) is 77.2 Å². The molecule has 2 aliphatic carbocycles. The van der Waals surface area contributed by atoms with Gasteiger partial charge in [0.2, 0.25) is 0 Å². The third-order valence-corrected chi connectivity index (χ3v) is 7.19. The number of carbonyl (C=O) groups is 1. The molecule has 2 fully saturated rings. The molecule has 1 heterocycles. The van der Waals surface area contributed by atoms with Crippen molar-refractivity contribution in [1.82, 2.24) is 10.3 Å². The number of nitrogens with one attached hydrogen (secondary N) is 1. The lowest BCUT2D eigenvalue weighted by Crippen LogP contribution is -2.38. The lowest BCUT2D eigenvalue weighted by Gasteiger charge is -2.32. The maximum atomic E-state index is 13.8. The van der Waals surface area contributed by atoms with Crippen LogP contribution in [0.2, 0.25) is 0 Å². The molecule has 32 heavy (non-hydrogen) atoms. The highest BCUT2D eigenvalue weighted by Crippen LogP contribution is 2.47. The van der Waals surface area contributed by atoms with Crippen molar-refractivity contribution >= 4 is 16.8 Å². The van der Waals surface area contributed by atoms with Gasteiger partial charge in [0, 0.05) is 22.7 Å². The first kappa shape index (κ1) is 20.6. The Kier molecular flexibility index (Phi) is 5.38. The van der Waals surface area contributed by atoms with Crippen LogP contribution < -0.4 is 5.32 Å². The maximum absolute atomic E-state index is 13.8. The highest BCUT2D eigenvalue weighted by Gasteiger charge is 2.46. The molecule has 0 saturated heterocycles. The van der Waals surface area contributed by atoms with Gasteiger partial charge in [-0.25, -0.2) is 4.39 Å². The highest BCUT2D eigenvalue weighted by molar-refractivity contribution is 5.95. The van der Waals surface area contributed by atoms with Crippen molar-refractivity contribution in [3.8, 4) is 6.07 Å². The number of halogens is 1. The summed E-state index contributed by atoms with van der Waals surface area (Å²) in [5.41, 5.74) is 3.02. The first-order valence-corrected chi connectivity index (χ1v) is 11.4. The molecule has 5 rings (SSSR count). The van der Waals surface area contributed by atoms with Gasteiger partial charge in [-0.3, -0.25) is 9.78 Å². The SMILES string of the molecule is N#Cc1cccc(C(=O)NC2(CC3CCC(c4ccnc5ccc(F)cc45)CC3)CC2)c1. The maximum Gasteiger partial charge on any atom is 0.251 e. The van der Waals surface area contributed by atoms with Gasteiger partial charge in [0.05, 0.1) is 17.1 Å². The summed E-state index contributed by atoms with van der Waals surface area (Å²) in [6.07, 6.45) is 9.27. The summed E-state index contributed by atoms with van der Waals surface area (Å²) in [7, 11) is 0. The molecule has 2 aromatic carbocycles. The highest BCUT2D eigenvalue weighted by atomic mass is 19.1. The standard InChI is InChI=1S/C27H26FN3O/c28-22-8-9-25-24(15-22)23(10-13-30-25)20-6-4-18(5-7-20)16-27(11-12-27)31-26(32)21-3-1-2-19(14-21)17-29/h1-3,8-10,13-15,18,20H,4-7,11-12,16H2,(H,31,32). The fraction of sp³-hybridized carbons (Fsp3) is 0.370. The third kappa shape index (κ3) is 4.23. The Morgan fingerprint density at radius 3 is 2.69 bits per heavy atom. The molecule has 0 unspecified atom stereocenters. The molecule has 2 aliphatic rings. The van der Waals surface area contributed by atoms with Crippen LogP contribution in [0, 0.1) is 23.1 Å². The van der Waals surface area contributed by atoms with Gasteiger partial charge in [0.25, 0.3) is 5.91 Å². The van der Waals surface area contributed by atoms with E-state index < -0.39 is 0 Å². The Morgan fingerprint density at radius 1 is 1.12 bits per heavy atom. The molecule has 2 saturated carbocycles. The zero-order chi connectivity index (χ0) is 22.1. The lowest BCUT2D eigenvalue weighted by atomic mass is 9.75. The van der Waals surface area contributed by atoms with Gasteiger partial charge in [-0.1, -0.05) is 6.07 Å². The molecule has 3 aromatic rings. The van der Waals surface area contributed by atoms with Gasteiger partial charge in [-0.05, 0) is 105 Å². The number of carbonyl (C=O) groups excluding carboxylic acids is 1. The molecule has 0 bridgehead atoms. The van der Waals surface area contributed by atoms with Crippen LogP contribution in [0.15, 0.2) is 54.7 Å². The summed E-state index contributed by atoms with van der Waals surface area (Å²) in [6, 6.07) is 15.9. The summed E-state index contributed by atoms with van der Waals surface area (Å²) < 4.78 is 13.8. The monoisotopic (exact) mass is 427 g/mol. The van der Waals surface area contributed by atoms with Crippen LogP contribution in [0.5, 0.6) is 0 Å². The average molecular weight is 428 g/mol. The number of nitrogens with zero attached hydrogens (tertiary/aromatic N) is 2. The van der Waals surface area contributed by atoms with E-state index in [1.165, 1.54) is 11.6 Å². The number of benzene rings is 2. The Balaban J connectivity index is 1.21. The zero-order valence-corrected chi connectivity index (χ0v) is 18.0. The average Bonchev–Trinajstić information content (AvgIpc) is 3.57. The van der Waals surface area contributed by atoms with Crippen LogP contribution in [-0.4, -0.2) is 16.4 Å². The van der Waals surface area contributed by atoms with Gasteiger partial charge in [0.1, 0.15) is 5.82 Å². The molecule has 5 heteroatoms. The molecule has 1 aromatic heterocycles. The Morgan fingerprint density at radius 2 is 1.94 bits per heavy atom. The van der Waals surface area contributed by atoms with E-state index in [-0.39, 0.29) is 17.3 Å². The van der Waals surface area contributed by atoms with Crippen molar-refractivity contribution in [2.24, 2.45) is 5.92 Å². The molecular weight excluding hydrogens is 401 g/mol. The number of hydrogen-bond donors (Lipinski definition) is 1. The molecule has 0 spiro atoms. The van der Waals surface area contributed by atoms with Crippen molar-refractivity contribution < 1.29 is 9.18 Å². The number of rotatable bonds is 5. The molecule has 0 aliphatic heterocycles. The van der Waals surface area contributed by atoms with Crippen LogP contribution in [0.25, 0.3) is 10.9 Å². The van der Waals surface area contributed by atoms with Crippen molar-refractivity contribution in [2.75, 3.05) is 0 Å². The summed E-state index contributed by atoms with van der Waals surface area (Å²) in [5, 5.41) is 13.3. The predicted molar refractivity (Wildman–Crippen MR) is 122 cm³/mol. The van der Waals surface area contributed by atoms with Gasteiger partial charge in [-0.2, -0.15) is 5.26 Å². The van der Waals surface area contributed by atoms with E-state index in [2.05, 4.69) is 16.4 Å². The number of hydrogen-bond acceptors (Lipinski definition) is 3. The van der Waals surface area contributed by atoms with E-state index in [0.717, 1.165) is 55.8 Å². The number of pyridine rings is 1. The number of aromatic nitrogens is 1. The molecular formula is C27H26FN3O. The fourth-order valence-electron chi connectivity index (χ4n) is 5.30. The first-order valence-electron chi connectivity index (χ1n) is 11.4. The van der Waals surface area contributed by atoms with E-state index in [0.29, 0.717) is 23.0 Å². The van der Waals surface area contributed by atoms with Crippen molar-refractivity contribution in [2.45, 2.75) is 56.4 Å². The fourth-order valence-corrected chi connectivity index (χ4v) is 5.30. The van der Waals surface area contributed by atoms with E-state index in [9.17, 15) is 9.18 Å². The van der Waals surface area contributed by atoms with E-state index in [1.54, 1.807) is 36.4 Å². The van der Waals surface area contributed by atoms with E-state index >= 15 is 0 Å². The van der Waals surface area contributed by atoms with E-state index in [1.807, 2.05) is 12.3 Å². The smallest absolute Gasteiger partial charge is 0.251 e. The molecule has 1 N–H and O–H groups in total. The minimum absolute atomic E-state index is 0.0847. The van der Waals surface area contributed by atoms with Crippen LogP contribution in [0.4, 0.5) is 4.39 Å². The lowest BCUT2D eigenvalue weighted by molar-refractivity contribution is 0.0921. The normalized spacial score (nSPS) is 21.6. The minimum Gasteiger partial charge on any atom is -0.347 e. The quantitative estimate of drug-likeness (QED) is 0.554. The summed E-state index contributed by atoms with van der Waals surface area (Å²) in [5.74, 6) is 0.715. The van der Waals surface area contributed by atoms with E-state index in [4.69, 9.17) is 5.26 Å². The second-order valence-corrected chi connectivity index (χ2v) is 9.41. The zero-order valence-electron chi connectivity index (χ0n) is 18.0. The second-order valence-electron chi connectivity index (χ2n) is 9.41. The number of nitriles is 1. The van der Waals surface area contributed by atoms with Crippen molar-refractivity contribution in [1.29, 1.82) is 5.26 Å². The van der Waals surface area contributed by atoms with Gasteiger partial charge < -0.3 is 5.32 Å². The van der Waals surface area contributed by atoms with Crippen molar-refractivity contribution in [3.63, 3.8) is 0 Å². The first-order chi connectivity index (χ1) is 15.5. The minimum atomic E-state index is -0.216. The number of fused-ring (bicyclic) bond motifs is 1. The van der Waals surface area contributed by atoms with Crippen LogP contribution in [0.1, 0.15) is 72.3 Å². The molecule has 0 radical (unpaired) electrons. The van der Waals surface area contributed by atoms with Crippen LogP contribution >= 0.6 is 0 Å². The summed E-state index contributed by atoms with van der Waals surface area (Å²) >= 11 is 0. The largest absolute Gasteiger partial charge is 0.347 e. The summed E-state index contributed by atoms with van der Waals surface area (Å²) in [4.78, 5) is 17.1. The molecule has 1 amide bonds. The Bertz CT molecular complexity index is 1200. The topological polar surface area (TPSA) is 65.8 Å². The Labute approximate surface area is 187 Å². The molecule has 162 valence electrons. The summed E-state index contributed by atoms with van der Waals surface area (Å²) in [6.45, 7) is 0. The number of amides is 1. The van der Waals surface area contributed by atoms with Crippen LogP contribution in [0.3, 0.4) is 0 Å². The Hall–Kier alpha value is -3.26. The second kappa shape index (κ2) is 8.35. The van der Waals surface area contributed by atoms with Crippen LogP contribution in [-0.2, 0) is 0 Å². The molecule has 0 atom stereocenters. The van der Waals surface area contributed by atoms with Gasteiger partial charge in [0.15, 0.2) is 0 Å². The molecule has 4 nitrogen and oxygen atoms in total.